The first-order valence-corrected chi connectivity index (χ1v) is 6.87. The van der Waals surface area contributed by atoms with Crippen LogP contribution in [0.15, 0.2) is 22.7 Å². The summed E-state index contributed by atoms with van der Waals surface area (Å²) in [6.07, 6.45) is 1.83. The van der Waals surface area contributed by atoms with E-state index in [4.69, 9.17) is 9.26 Å². The third kappa shape index (κ3) is 2.82. The summed E-state index contributed by atoms with van der Waals surface area (Å²) in [5, 5.41) is 13.5. The van der Waals surface area contributed by atoms with Crippen LogP contribution in [-0.2, 0) is 6.61 Å². The van der Waals surface area contributed by atoms with E-state index < -0.39 is 6.10 Å². The van der Waals surface area contributed by atoms with Crippen molar-refractivity contribution in [3.8, 4) is 5.75 Å². The summed E-state index contributed by atoms with van der Waals surface area (Å²) >= 11 is 0. The number of benzene rings is 1. The highest BCUT2D eigenvalue weighted by Gasteiger charge is 2.28. The minimum atomic E-state index is -0.472. The Kier molecular flexibility index (Phi) is 3.44. The van der Waals surface area contributed by atoms with Crippen molar-refractivity contribution in [3.05, 3.63) is 41.0 Å². The van der Waals surface area contributed by atoms with Crippen molar-refractivity contribution >= 4 is 0 Å². The Hall–Kier alpha value is -1.88. The lowest BCUT2D eigenvalue weighted by atomic mass is 10.1. The van der Waals surface area contributed by atoms with Crippen LogP contribution in [0.25, 0.3) is 0 Å². The zero-order chi connectivity index (χ0) is 14.1. The molecule has 3 rings (SSSR count). The minimum Gasteiger partial charge on any atom is -0.483 e. The molecule has 1 saturated carbocycles. The second kappa shape index (κ2) is 5.25. The van der Waals surface area contributed by atoms with Gasteiger partial charge in [0.15, 0.2) is 12.4 Å². The summed E-state index contributed by atoms with van der Waals surface area (Å²) in [4.78, 5) is 4.32. The number of aromatic nitrogens is 2. The van der Waals surface area contributed by atoms with Crippen molar-refractivity contribution < 1.29 is 14.4 Å². The number of aliphatic hydroxyl groups is 1. The van der Waals surface area contributed by atoms with E-state index in [1.807, 2.05) is 25.1 Å². The van der Waals surface area contributed by atoms with E-state index in [-0.39, 0.29) is 6.61 Å². The summed E-state index contributed by atoms with van der Waals surface area (Å²) in [6, 6.07) is 5.63. The summed E-state index contributed by atoms with van der Waals surface area (Å²) in [6.45, 7) is 3.96. The normalized spacial score (nSPS) is 16.1. The van der Waals surface area contributed by atoms with E-state index in [1.54, 1.807) is 6.92 Å². The van der Waals surface area contributed by atoms with Gasteiger partial charge in [0.2, 0.25) is 0 Å². The molecule has 2 aromatic rings. The lowest BCUT2D eigenvalue weighted by Crippen LogP contribution is -1.99. The van der Waals surface area contributed by atoms with Crippen LogP contribution in [-0.4, -0.2) is 15.2 Å². The second-order valence-electron chi connectivity index (χ2n) is 5.31. The SMILES string of the molecule is Cc1cc(C(C)O)ccc1OCc1nc(C2CC2)no1. The molecule has 1 aliphatic rings. The van der Waals surface area contributed by atoms with Crippen LogP contribution in [0, 0.1) is 6.92 Å². The third-order valence-corrected chi connectivity index (χ3v) is 3.46. The first-order valence-electron chi connectivity index (χ1n) is 6.87. The molecule has 0 aliphatic heterocycles. The van der Waals surface area contributed by atoms with Gasteiger partial charge in [0.25, 0.3) is 5.89 Å². The molecule has 1 atom stereocenters. The molecule has 20 heavy (non-hydrogen) atoms. The Labute approximate surface area is 117 Å². The van der Waals surface area contributed by atoms with Gasteiger partial charge >= 0.3 is 0 Å². The van der Waals surface area contributed by atoms with E-state index in [0.717, 1.165) is 35.5 Å². The third-order valence-electron chi connectivity index (χ3n) is 3.46. The molecule has 1 fully saturated rings. The molecule has 0 spiro atoms. The average molecular weight is 274 g/mol. The first-order chi connectivity index (χ1) is 9.63. The highest BCUT2D eigenvalue weighted by molar-refractivity contribution is 5.36. The summed E-state index contributed by atoms with van der Waals surface area (Å²) in [5.41, 5.74) is 1.86. The fourth-order valence-electron chi connectivity index (χ4n) is 2.07. The number of aryl methyl sites for hydroxylation is 1. The van der Waals surface area contributed by atoms with Crippen LogP contribution in [0.1, 0.15) is 54.6 Å². The van der Waals surface area contributed by atoms with Crippen LogP contribution in [0.5, 0.6) is 5.75 Å². The van der Waals surface area contributed by atoms with Gasteiger partial charge in [0, 0.05) is 5.92 Å². The van der Waals surface area contributed by atoms with Crippen molar-refractivity contribution in [2.75, 3.05) is 0 Å². The van der Waals surface area contributed by atoms with Gasteiger partial charge in [-0.2, -0.15) is 4.98 Å². The zero-order valence-electron chi connectivity index (χ0n) is 11.7. The van der Waals surface area contributed by atoms with Gasteiger partial charge in [-0.05, 0) is 49.9 Å². The Bertz CT molecular complexity index is 603. The van der Waals surface area contributed by atoms with E-state index in [9.17, 15) is 5.11 Å². The van der Waals surface area contributed by atoms with Crippen molar-refractivity contribution in [2.24, 2.45) is 0 Å². The second-order valence-corrected chi connectivity index (χ2v) is 5.31. The fourth-order valence-corrected chi connectivity index (χ4v) is 2.07. The van der Waals surface area contributed by atoms with Crippen molar-refractivity contribution in [1.82, 2.24) is 10.1 Å². The molecule has 1 aromatic carbocycles. The maximum atomic E-state index is 9.53. The number of hydrogen-bond donors (Lipinski definition) is 1. The lowest BCUT2D eigenvalue weighted by Gasteiger charge is -2.10. The molecule has 0 bridgehead atoms. The smallest absolute Gasteiger partial charge is 0.264 e. The van der Waals surface area contributed by atoms with Crippen molar-refractivity contribution in [3.63, 3.8) is 0 Å². The van der Waals surface area contributed by atoms with E-state index in [0.29, 0.717) is 11.8 Å². The van der Waals surface area contributed by atoms with Gasteiger partial charge in [0.1, 0.15) is 5.75 Å². The van der Waals surface area contributed by atoms with Crippen LogP contribution >= 0.6 is 0 Å². The molecular weight excluding hydrogens is 256 g/mol. The summed E-state index contributed by atoms with van der Waals surface area (Å²) in [5.74, 6) is 2.55. The molecular formula is C15H18N2O3. The van der Waals surface area contributed by atoms with Crippen LogP contribution < -0.4 is 4.74 Å². The Morgan fingerprint density at radius 1 is 1.45 bits per heavy atom. The average Bonchev–Trinajstić information content (AvgIpc) is 3.17. The van der Waals surface area contributed by atoms with E-state index in [1.165, 1.54) is 0 Å². The van der Waals surface area contributed by atoms with Gasteiger partial charge in [-0.1, -0.05) is 11.2 Å². The zero-order valence-corrected chi connectivity index (χ0v) is 11.7. The first kappa shape index (κ1) is 13.1. The molecule has 1 heterocycles. The number of aliphatic hydroxyl groups excluding tert-OH is 1. The molecule has 0 amide bonds. The number of hydrogen-bond acceptors (Lipinski definition) is 5. The fraction of sp³-hybridized carbons (Fsp3) is 0.467. The highest BCUT2D eigenvalue weighted by Crippen LogP contribution is 2.38. The van der Waals surface area contributed by atoms with Crippen LogP contribution in [0.4, 0.5) is 0 Å². The predicted molar refractivity (Wildman–Crippen MR) is 72.4 cm³/mol. The maximum Gasteiger partial charge on any atom is 0.264 e. The van der Waals surface area contributed by atoms with Gasteiger partial charge in [0.05, 0.1) is 6.10 Å². The molecule has 1 aliphatic carbocycles. The standard InChI is InChI=1S/C15H18N2O3/c1-9-7-12(10(2)18)5-6-13(9)19-8-14-16-15(17-20-14)11-3-4-11/h5-7,10-11,18H,3-4,8H2,1-2H3. The van der Waals surface area contributed by atoms with Crippen LogP contribution in [0.2, 0.25) is 0 Å². The quantitative estimate of drug-likeness (QED) is 0.908. The molecule has 106 valence electrons. The van der Waals surface area contributed by atoms with Crippen molar-refractivity contribution in [2.45, 2.75) is 45.3 Å². The van der Waals surface area contributed by atoms with Gasteiger partial charge < -0.3 is 14.4 Å². The largest absolute Gasteiger partial charge is 0.483 e. The minimum absolute atomic E-state index is 0.272. The molecule has 5 heteroatoms. The summed E-state index contributed by atoms with van der Waals surface area (Å²) < 4.78 is 10.9. The number of ether oxygens (including phenoxy) is 1. The topological polar surface area (TPSA) is 68.4 Å². The molecule has 0 radical (unpaired) electrons. The Morgan fingerprint density at radius 2 is 2.25 bits per heavy atom. The maximum absolute atomic E-state index is 9.53. The molecule has 0 saturated heterocycles. The Balaban J connectivity index is 1.65. The Morgan fingerprint density at radius 3 is 2.90 bits per heavy atom. The van der Waals surface area contributed by atoms with Gasteiger partial charge in [-0.3, -0.25) is 0 Å². The molecule has 1 unspecified atom stereocenters. The monoisotopic (exact) mass is 274 g/mol. The molecule has 5 nitrogen and oxygen atoms in total. The van der Waals surface area contributed by atoms with Crippen LogP contribution in [0.3, 0.4) is 0 Å². The van der Waals surface area contributed by atoms with Gasteiger partial charge in [-0.15, -0.1) is 0 Å². The lowest BCUT2D eigenvalue weighted by molar-refractivity contribution is 0.198. The van der Waals surface area contributed by atoms with E-state index >= 15 is 0 Å². The number of rotatable bonds is 5. The molecule has 1 N–H and O–H groups in total. The van der Waals surface area contributed by atoms with Crippen molar-refractivity contribution in [1.29, 1.82) is 0 Å². The predicted octanol–water partition coefficient (Wildman–Crippen LogP) is 2.89. The molecule has 1 aromatic heterocycles. The van der Waals surface area contributed by atoms with Gasteiger partial charge in [-0.25, -0.2) is 0 Å². The number of nitrogens with zero attached hydrogens (tertiary/aromatic N) is 2. The summed E-state index contributed by atoms with van der Waals surface area (Å²) in [7, 11) is 0. The van der Waals surface area contributed by atoms with E-state index in [2.05, 4.69) is 10.1 Å². The highest BCUT2D eigenvalue weighted by atomic mass is 16.5.